The van der Waals surface area contributed by atoms with Crippen molar-refractivity contribution in [2.24, 2.45) is 5.14 Å². The van der Waals surface area contributed by atoms with Gasteiger partial charge < -0.3 is 5.32 Å². The molecule has 1 unspecified atom stereocenters. The maximum Gasteiger partial charge on any atom is 0.122 e. The molecule has 3 nitrogen and oxygen atoms in total. The number of benzene rings is 1. The molecular formula is C12H16N2OS. The van der Waals surface area contributed by atoms with E-state index < -0.39 is 11.0 Å². The summed E-state index contributed by atoms with van der Waals surface area (Å²) in [6, 6.07) is 4.11. The van der Waals surface area contributed by atoms with Crippen LogP contribution >= 0.6 is 0 Å². The lowest BCUT2D eigenvalue weighted by atomic mass is 9.96. The van der Waals surface area contributed by atoms with Crippen molar-refractivity contribution in [2.75, 3.05) is 0 Å². The molecule has 0 saturated heterocycles. The topological polar surface area (TPSA) is 55.1 Å². The zero-order valence-corrected chi connectivity index (χ0v) is 10.3. The van der Waals surface area contributed by atoms with E-state index in [2.05, 4.69) is 25.2 Å². The van der Waals surface area contributed by atoms with Gasteiger partial charge in [0.15, 0.2) is 0 Å². The number of rotatable bonds is 2. The summed E-state index contributed by atoms with van der Waals surface area (Å²) in [4.78, 5) is 0.735. The van der Waals surface area contributed by atoms with Crippen LogP contribution in [0.1, 0.15) is 36.5 Å². The van der Waals surface area contributed by atoms with Gasteiger partial charge >= 0.3 is 0 Å². The van der Waals surface area contributed by atoms with Crippen molar-refractivity contribution in [3.8, 4) is 0 Å². The van der Waals surface area contributed by atoms with E-state index in [9.17, 15) is 4.21 Å². The quantitative estimate of drug-likeness (QED) is 0.823. The van der Waals surface area contributed by atoms with E-state index in [4.69, 9.17) is 5.14 Å². The van der Waals surface area contributed by atoms with Crippen molar-refractivity contribution in [3.63, 3.8) is 0 Å². The average Bonchev–Trinajstić information content (AvgIpc) is 2.27. The Morgan fingerprint density at radius 3 is 2.81 bits per heavy atom. The van der Waals surface area contributed by atoms with E-state index in [1.807, 2.05) is 18.3 Å². The third-order valence-electron chi connectivity index (χ3n) is 2.79. The van der Waals surface area contributed by atoms with Crippen molar-refractivity contribution < 1.29 is 4.21 Å². The van der Waals surface area contributed by atoms with E-state index >= 15 is 0 Å². The van der Waals surface area contributed by atoms with Gasteiger partial charge in [-0.3, -0.25) is 0 Å². The van der Waals surface area contributed by atoms with Gasteiger partial charge in [-0.1, -0.05) is 19.9 Å². The summed E-state index contributed by atoms with van der Waals surface area (Å²) >= 11 is 0. The molecule has 1 heterocycles. The second-order valence-electron chi connectivity index (χ2n) is 4.26. The third kappa shape index (κ3) is 2.03. The molecule has 1 aromatic carbocycles. The molecule has 0 aliphatic carbocycles. The summed E-state index contributed by atoms with van der Waals surface area (Å²) in [5, 5.41) is 8.68. The van der Waals surface area contributed by atoms with Gasteiger partial charge in [0.05, 0.1) is 4.90 Å². The first-order valence-electron chi connectivity index (χ1n) is 5.32. The minimum absolute atomic E-state index is 0.415. The Hall–Kier alpha value is -1.13. The highest BCUT2D eigenvalue weighted by atomic mass is 32.2. The number of nitrogens with two attached hydrogens (primary N) is 1. The van der Waals surface area contributed by atoms with Gasteiger partial charge in [0, 0.05) is 6.54 Å². The Kier molecular flexibility index (Phi) is 3.12. The molecule has 0 spiro atoms. The molecule has 4 heteroatoms. The number of nitrogens with one attached hydrogen (secondary N) is 1. The smallest absolute Gasteiger partial charge is 0.122 e. The fraction of sp³-hybridized carbons (Fsp3) is 0.333. The lowest BCUT2D eigenvalue weighted by Crippen LogP contribution is -2.15. The number of hydrogen-bond acceptors (Lipinski definition) is 2. The minimum Gasteiger partial charge on any atom is -0.387 e. The van der Waals surface area contributed by atoms with Crippen molar-refractivity contribution in [2.45, 2.75) is 31.2 Å². The maximum absolute atomic E-state index is 11.5. The van der Waals surface area contributed by atoms with Crippen LogP contribution in [-0.4, -0.2) is 4.21 Å². The van der Waals surface area contributed by atoms with Crippen molar-refractivity contribution in [1.29, 1.82) is 0 Å². The second-order valence-corrected chi connectivity index (χ2v) is 5.29. The second kappa shape index (κ2) is 4.39. The van der Waals surface area contributed by atoms with Gasteiger partial charge in [-0.15, -0.1) is 0 Å². The van der Waals surface area contributed by atoms with Crippen LogP contribution in [0.5, 0.6) is 0 Å². The van der Waals surface area contributed by atoms with E-state index in [1.165, 1.54) is 11.1 Å². The highest BCUT2D eigenvalue weighted by Gasteiger charge is 2.15. The third-order valence-corrected chi connectivity index (χ3v) is 3.57. The Labute approximate surface area is 98.3 Å². The highest BCUT2D eigenvalue weighted by Crippen LogP contribution is 2.27. The van der Waals surface area contributed by atoms with Gasteiger partial charge in [-0.25, -0.2) is 9.35 Å². The SMILES string of the molecule is CC(C)c1cc2c(c(S(N)=O)c1)C=CNC2. The normalized spacial score (nSPS) is 15.8. The molecule has 1 aromatic rings. The summed E-state index contributed by atoms with van der Waals surface area (Å²) < 4.78 is 11.5. The van der Waals surface area contributed by atoms with Crippen molar-refractivity contribution in [3.05, 3.63) is 35.0 Å². The van der Waals surface area contributed by atoms with E-state index in [0.29, 0.717) is 5.92 Å². The summed E-state index contributed by atoms with van der Waals surface area (Å²) in [5.74, 6) is 0.415. The summed E-state index contributed by atoms with van der Waals surface area (Å²) in [7, 11) is -1.42. The van der Waals surface area contributed by atoms with Crippen LogP contribution in [0.4, 0.5) is 0 Å². The van der Waals surface area contributed by atoms with Crippen molar-refractivity contribution >= 4 is 17.1 Å². The van der Waals surface area contributed by atoms with Crippen LogP contribution in [0, 0.1) is 0 Å². The predicted molar refractivity (Wildman–Crippen MR) is 67.0 cm³/mol. The first-order valence-corrected chi connectivity index (χ1v) is 6.54. The molecule has 0 bridgehead atoms. The van der Waals surface area contributed by atoms with Crippen molar-refractivity contribution in [1.82, 2.24) is 5.32 Å². The lowest BCUT2D eigenvalue weighted by molar-refractivity contribution is 0.683. The van der Waals surface area contributed by atoms with E-state index in [-0.39, 0.29) is 0 Å². The fourth-order valence-electron chi connectivity index (χ4n) is 1.85. The molecule has 0 radical (unpaired) electrons. The van der Waals surface area contributed by atoms with Crippen LogP contribution in [0.2, 0.25) is 0 Å². The molecular weight excluding hydrogens is 220 g/mol. The molecule has 0 amide bonds. The number of fused-ring (bicyclic) bond motifs is 1. The fourth-order valence-corrected chi connectivity index (χ4v) is 2.52. The highest BCUT2D eigenvalue weighted by molar-refractivity contribution is 7.82. The molecule has 86 valence electrons. The molecule has 16 heavy (non-hydrogen) atoms. The van der Waals surface area contributed by atoms with Crippen LogP contribution in [0.15, 0.2) is 23.2 Å². The monoisotopic (exact) mass is 236 g/mol. The Balaban J connectivity index is 2.62. The Bertz CT molecular complexity index is 466. The Morgan fingerprint density at radius 1 is 1.44 bits per heavy atom. The molecule has 1 atom stereocenters. The molecule has 3 N–H and O–H groups in total. The first kappa shape index (κ1) is 11.4. The molecule has 1 aliphatic heterocycles. The molecule has 2 rings (SSSR count). The zero-order chi connectivity index (χ0) is 11.7. The van der Waals surface area contributed by atoms with Crippen LogP contribution in [0.25, 0.3) is 6.08 Å². The molecule has 1 aliphatic rings. The predicted octanol–water partition coefficient (Wildman–Crippen LogP) is 1.87. The molecule has 0 fully saturated rings. The average molecular weight is 236 g/mol. The minimum atomic E-state index is -1.42. The summed E-state index contributed by atoms with van der Waals surface area (Å²) in [6.07, 6.45) is 3.80. The standard InChI is InChI=1S/C12H16N2OS/c1-8(2)9-5-10-7-14-4-3-11(10)12(6-9)16(13)15/h3-6,8,14H,7,13H2,1-2H3. The van der Waals surface area contributed by atoms with Crippen LogP contribution < -0.4 is 10.5 Å². The molecule has 0 aromatic heterocycles. The van der Waals surface area contributed by atoms with Gasteiger partial charge in [-0.2, -0.15) is 0 Å². The first-order chi connectivity index (χ1) is 7.59. The lowest BCUT2D eigenvalue weighted by Gasteiger charge is -2.18. The zero-order valence-electron chi connectivity index (χ0n) is 9.49. The van der Waals surface area contributed by atoms with E-state index in [1.54, 1.807) is 0 Å². The van der Waals surface area contributed by atoms with E-state index in [0.717, 1.165) is 17.0 Å². The Morgan fingerprint density at radius 2 is 2.19 bits per heavy atom. The largest absolute Gasteiger partial charge is 0.387 e. The summed E-state index contributed by atoms with van der Waals surface area (Å²) in [5.41, 5.74) is 3.36. The van der Waals surface area contributed by atoms with Gasteiger partial charge in [0.25, 0.3) is 0 Å². The summed E-state index contributed by atoms with van der Waals surface area (Å²) in [6.45, 7) is 5.02. The maximum atomic E-state index is 11.5. The van der Waals surface area contributed by atoms with Crippen LogP contribution in [-0.2, 0) is 17.5 Å². The molecule has 0 saturated carbocycles. The number of hydrogen-bond donors (Lipinski definition) is 2. The van der Waals surface area contributed by atoms with Crippen LogP contribution in [0.3, 0.4) is 0 Å². The van der Waals surface area contributed by atoms with Gasteiger partial charge in [0.1, 0.15) is 11.0 Å². The van der Waals surface area contributed by atoms with Gasteiger partial charge in [-0.05, 0) is 41.0 Å². The van der Waals surface area contributed by atoms with Gasteiger partial charge in [0.2, 0.25) is 0 Å².